The Morgan fingerprint density at radius 1 is 0.403 bits per heavy atom. The first kappa shape index (κ1) is 41.6. The van der Waals surface area contributed by atoms with Crippen LogP contribution in [0.1, 0.15) is 6.42 Å². The van der Waals surface area contributed by atoms with Gasteiger partial charge in [-0.3, -0.25) is 9.59 Å². The SMILES string of the molecule is O.O=C(CC(=O)OCOc1ccc(-c2nc(-c3ccccc3)nc(-c3ccccc3)n2)c(O)c1)OCOc1ccc(-c2nc(-c3ccccc3)nc(-c3ccccc3)n2)c(O)c1. The number of esters is 2. The summed E-state index contributed by atoms with van der Waals surface area (Å²) in [4.78, 5) is 52.5. The molecule has 2 heterocycles. The van der Waals surface area contributed by atoms with E-state index < -0.39 is 31.9 Å². The summed E-state index contributed by atoms with van der Waals surface area (Å²) in [5, 5.41) is 21.9. The Morgan fingerprint density at radius 3 is 0.984 bits per heavy atom. The molecule has 8 rings (SSSR count). The third-order valence-electron chi connectivity index (χ3n) is 9.00. The number of benzene rings is 6. The number of phenolic OH excluding ortho intramolecular Hbond substituents is 2. The number of rotatable bonds is 14. The van der Waals surface area contributed by atoms with Crippen LogP contribution in [0.4, 0.5) is 0 Å². The van der Waals surface area contributed by atoms with Gasteiger partial charge in [0, 0.05) is 34.4 Å². The van der Waals surface area contributed by atoms with Gasteiger partial charge in [-0.25, -0.2) is 29.9 Å². The lowest BCUT2D eigenvalue weighted by Crippen LogP contribution is -2.18. The lowest BCUT2D eigenvalue weighted by Gasteiger charge is -2.12. The molecule has 0 radical (unpaired) electrons. The molecule has 0 amide bonds. The summed E-state index contributed by atoms with van der Waals surface area (Å²) >= 11 is 0. The number of aromatic hydroxyl groups is 2. The number of aromatic nitrogens is 6. The summed E-state index contributed by atoms with van der Waals surface area (Å²) in [6, 6.07) is 46.6. The first-order valence-corrected chi connectivity index (χ1v) is 18.8. The molecule has 0 aliphatic carbocycles. The van der Waals surface area contributed by atoms with Crippen LogP contribution in [0.15, 0.2) is 158 Å². The van der Waals surface area contributed by atoms with E-state index in [1.54, 1.807) is 24.3 Å². The summed E-state index contributed by atoms with van der Waals surface area (Å²) in [6.07, 6.45) is -0.721. The van der Waals surface area contributed by atoms with E-state index in [4.69, 9.17) is 18.9 Å². The number of ether oxygens (including phenoxy) is 4. The van der Waals surface area contributed by atoms with Crippen molar-refractivity contribution in [3.63, 3.8) is 0 Å². The van der Waals surface area contributed by atoms with Crippen LogP contribution < -0.4 is 9.47 Å². The third-order valence-corrected chi connectivity index (χ3v) is 9.00. The predicted molar refractivity (Wildman–Crippen MR) is 227 cm³/mol. The van der Waals surface area contributed by atoms with Crippen molar-refractivity contribution in [2.45, 2.75) is 6.42 Å². The molecule has 0 aliphatic heterocycles. The molecule has 0 fully saturated rings. The van der Waals surface area contributed by atoms with Crippen molar-refractivity contribution in [2.24, 2.45) is 0 Å². The van der Waals surface area contributed by atoms with E-state index in [-0.39, 0.29) is 40.1 Å². The van der Waals surface area contributed by atoms with E-state index in [0.29, 0.717) is 34.4 Å². The zero-order valence-electron chi connectivity index (χ0n) is 32.7. The van der Waals surface area contributed by atoms with Gasteiger partial charge in [0.15, 0.2) is 34.9 Å². The highest BCUT2D eigenvalue weighted by molar-refractivity contribution is 5.91. The first-order valence-electron chi connectivity index (χ1n) is 18.8. The average Bonchev–Trinajstić information content (AvgIpc) is 3.30. The van der Waals surface area contributed by atoms with Crippen LogP contribution in [0.25, 0.3) is 68.3 Å². The minimum atomic E-state index is -0.915. The molecule has 308 valence electrons. The second kappa shape index (κ2) is 19.5. The monoisotopic (exact) mass is 828 g/mol. The number of phenols is 2. The summed E-state index contributed by atoms with van der Waals surface area (Å²) in [5.41, 5.74) is 3.77. The van der Waals surface area contributed by atoms with Gasteiger partial charge in [-0.05, 0) is 24.3 Å². The normalized spacial score (nSPS) is 10.6. The molecule has 0 spiro atoms. The van der Waals surface area contributed by atoms with Crippen LogP contribution in [0.5, 0.6) is 23.0 Å². The van der Waals surface area contributed by atoms with E-state index in [1.807, 2.05) is 121 Å². The van der Waals surface area contributed by atoms with Crippen molar-refractivity contribution in [1.29, 1.82) is 0 Å². The van der Waals surface area contributed by atoms with Gasteiger partial charge in [-0.1, -0.05) is 121 Å². The second-order valence-corrected chi connectivity index (χ2v) is 13.2. The van der Waals surface area contributed by atoms with Crippen LogP contribution in [-0.2, 0) is 19.1 Å². The highest BCUT2D eigenvalue weighted by atomic mass is 16.7. The highest BCUT2D eigenvalue weighted by Crippen LogP contribution is 2.34. The number of carbonyl (C=O) groups is 2. The standard InChI is InChI=1S/C47H34N6O8.H2O/c54-38-25-34(21-23-36(38)46-50-42(30-13-5-1-6-14-30)48-43(51-46)31-15-7-2-8-16-31)58-28-60-40(56)27-41(57)61-29-59-35-22-24-37(39(55)26-35)47-52-44(32-17-9-3-10-18-32)49-45(53-47)33-19-11-4-12-20-33;/h1-26,54-55H,27-29H2;1H2. The quantitative estimate of drug-likeness (QED) is 0.0616. The minimum absolute atomic E-state index is 0. The molecular weight excluding hydrogens is 793 g/mol. The third kappa shape index (κ3) is 10.2. The van der Waals surface area contributed by atoms with Gasteiger partial charge in [0.25, 0.3) is 0 Å². The summed E-state index contributed by atoms with van der Waals surface area (Å²) in [7, 11) is 0. The summed E-state index contributed by atoms with van der Waals surface area (Å²) in [5.74, 6) is 0.398. The van der Waals surface area contributed by atoms with Crippen LogP contribution in [0.3, 0.4) is 0 Å². The second-order valence-electron chi connectivity index (χ2n) is 13.2. The lowest BCUT2D eigenvalue weighted by molar-refractivity contribution is -0.161. The maximum atomic E-state index is 12.4. The smallest absolute Gasteiger partial charge is 0.320 e. The maximum absolute atomic E-state index is 12.4. The predicted octanol–water partition coefficient (Wildman–Crippen LogP) is 7.49. The molecule has 8 aromatic rings. The van der Waals surface area contributed by atoms with Gasteiger partial charge in [0.05, 0.1) is 11.1 Å². The Bertz CT molecular complexity index is 2490. The molecule has 0 atom stereocenters. The van der Waals surface area contributed by atoms with Crippen molar-refractivity contribution in [1.82, 2.24) is 29.9 Å². The maximum Gasteiger partial charge on any atom is 0.320 e. The van der Waals surface area contributed by atoms with Crippen molar-refractivity contribution < 1.29 is 44.2 Å². The van der Waals surface area contributed by atoms with E-state index in [2.05, 4.69) is 29.9 Å². The molecule has 15 heteroatoms. The van der Waals surface area contributed by atoms with Crippen molar-refractivity contribution in [3.8, 4) is 91.3 Å². The van der Waals surface area contributed by atoms with Crippen molar-refractivity contribution in [3.05, 3.63) is 158 Å². The van der Waals surface area contributed by atoms with Crippen molar-refractivity contribution >= 4 is 11.9 Å². The molecule has 15 nitrogen and oxygen atoms in total. The van der Waals surface area contributed by atoms with Crippen LogP contribution in [0, 0.1) is 0 Å². The molecule has 62 heavy (non-hydrogen) atoms. The van der Waals surface area contributed by atoms with Gasteiger partial charge in [0.2, 0.25) is 13.6 Å². The van der Waals surface area contributed by atoms with Gasteiger partial charge >= 0.3 is 11.9 Å². The molecule has 2 aromatic heterocycles. The Morgan fingerprint density at radius 2 is 0.694 bits per heavy atom. The van der Waals surface area contributed by atoms with E-state index in [9.17, 15) is 19.8 Å². The Balaban J connectivity index is 0.00000578. The molecule has 0 unspecified atom stereocenters. The fourth-order valence-corrected chi connectivity index (χ4v) is 5.99. The van der Waals surface area contributed by atoms with Gasteiger partial charge < -0.3 is 34.6 Å². The number of hydrogen-bond acceptors (Lipinski definition) is 14. The average molecular weight is 829 g/mol. The zero-order valence-corrected chi connectivity index (χ0v) is 32.7. The lowest BCUT2D eigenvalue weighted by atomic mass is 10.1. The largest absolute Gasteiger partial charge is 0.507 e. The fourth-order valence-electron chi connectivity index (χ4n) is 5.99. The first-order chi connectivity index (χ1) is 29.9. The summed E-state index contributed by atoms with van der Waals surface area (Å²) < 4.78 is 21.1. The molecule has 0 saturated heterocycles. The van der Waals surface area contributed by atoms with E-state index >= 15 is 0 Å². The minimum Gasteiger partial charge on any atom is -0.507 e. The van der Waals surface area contributed by atoms with Crippen molar-refractivity contribution in [2.75, 3.05) is 13.6 Å². The van der Waals surface area contributed by atoms with Gasteiger partial charge in [0.1, 0.15) is 29.4 Å². The van der Waals surface area contributed by atoms with Gasteiger partial charge in [-0.2, -0.15) is 0 Å². The van der Waals surface area contributed by atoms with E-state index in [1.165, 1.54) is 12.1 Å². The molecule has 0 saturated carbocycles. The number of carbonyl (C=O) groups excluding carboxylic acids is 2. The van der Waals surface area contributed by atoms with Gasteiger partial charge in [-0.15, -0.1) is 0 Å². The molecule has 6 aromatic carbocycles. The van der Waals surface area contributed by atoms with Crippen LogP contribution in [0.2, 0.25) is 0 Å². The Labute approximate surface area is 354 Å². The topological polar surface area (TPSA) is 220 Å². The molecular formula is C47H36N6O9. The van der Waals surface area contributed by atoms with Crippen LogP contribution in [-0.4, -0.2) is 71.1 Å². The number of nitrogens with zero attached hydrogens (tertiary/aromatic N) is 6. The zero-order chi connectivity index (χ0) is 42.0. The Kier molecular flexibility index (Phi) is 13.1. The highest BCUT2D eigenvalue weighted by Gasteiger charge is 2.18. The fraction of sp³-hybridized carbons (Fsp3) is 0.0638. The summed E-state index contributed by atoms with van der Waals surface area (Å²) in [6.45, 7) is -1.09. The van der Waals surface area contributed by atoms with Crippen LogP contribution >= 0.6 is 0 Å². The number of hydrogen-bond donors (Lipinski definition) is 2. The molecule has 0 aliphatic rings. The molecule has 4 N–H and O–H groups in total. The Hall–Kier alpha value is -8.56. The van der Waals surface area contributed by atoms with E-state index in [0.717, 1.165) is 22.3 Å². The molecule has 0 bridgehead atoms.